The van der Waals surface area contributed by atoms with Gasteiger partial charge in [-0.2, -0.15) is 0 Å². The van der Waals surface area contributed by atoms with Crippen LogP contribution in [0.2, 0.25) is 0 Å². The lowest BCUT2D eigenvalue weighted by Crippen LogP contribution is -2.61. The lowest BCUT2D eigenvalue weighted by Gasteiger charge is -2.40. The van der Waals surface area contributed by atoms with Crippen molar-refractivity contribution in [2.45, 2.75) is 38.8 Å². The van der Waals surface area contributed by atoms with Crippen molar-refractivity contribution in [1.82, 2.24) is 0 Å². The van der Waals surface area contributed by atoms with Crippen molar-refractivity contribution in [1.29, 1.82) is 0 Å². The van der Waals surface area contributed by atoms with Crippen LogP contribution in [0.4, 0.5) is 0 Å². The lowest BCUT2D eigenvalue weighted by atomic mass is 9.74. The summed E-state index contributed by atoms with van der Waals surface area (Å²) in [5, 5.41) is 0. The van der Waals surface area contributed by atoms with E-state index in [1.807, 2.05) is 26.0 Å². The quantitative estimate of drug-likeness (QED) is 0.570. The molecule has 0 saturated carbocycles. The van der Waals surface area contributed by atoms with Crippen LogP contribution in [-0.4, -0.2) is 11.1 Å². The fourth-order valence-corrected chi connectivity index (χ4v) is 1.44. The highest BCUT2D eigenvalue weighted by Crippen LogP contribution is 2.29. The molecule has 0 amide bonds. The van der Waals surface area contributed by atoms with E-state index in [1.54, 1.807) is 0 Å². The Morgan fingerprint density at radius 1 is 0.917 bits per heavy atom. The first-order chi connectivity index (χ1) is 5.26. The van der Waals surface area contributed by atoms with Crippen LogP contribution in [0, 0.1) is 0 Å². The minimum absolute atomic E-state index is 0.434. The van der Waals surface area contributed by atoms with Gasteiger partial charge in [0.1, 0.15) is 0 Å². The summed E-state index contributed by atoms with van der Waals surface area (Å²) in [6, 6.07) is 0. The van der Waals surface area contributed by atoms with Crippen LogP contribution in [0.3, 0.4) is 0 Å². The van der Waals surface area contributed by atoms with Crippen molar-refractivity contribution >= 4 is 0 Å². The highest BCUT2D eigenvalue weighted by molar-refractivity contribution is 5.41. The average Bonchev–Trinajstić information content (AvgIpc) is 1.82. The molecule has 2 atom stereocenters. The predicted octanol–water partition coefficient (Wildman–Crippen LogP) is 1.33. The van der Waals surface area contributed by atoms with E-state index in [9.17, 15) is 0 Å². The van der Waals surface area contributed by atoms with E-state index in [-0.39, 0.29) is 0 Å². The van der Waals surface area contributed by atoms with Crippen LogP contribution in [0.5, 0.6) is 0 Å². The third kappa shape index (κ3) is 1.32. The summed E-state index contributed by atoms with van der Waals surface area (Å²) in [6.07, 6.45) is 4.09. The van der Waals surface area contributed by atoms with Crippen molar-refractivity contribution in [2.75, 3.05) is 0 Å². The molecule has 0 saturated heterocycles. The number of allylic oxidation sites excluding steroid dienone is 2. The SMILES string of the molecule is CC1=CC(C)(N)C(C)(N)C=C1C. The Balaban J connectivity index is 3.15. The molecule has 0 spiro atoms. The van der Waals surface area contributed by atoms with E-state index in [4.69, 9.17) is 11.5 Å². The molecular formula is C10H18N2. The monoisotopic (exact) mass is 166 g/mol. The molecule has 0 fully saturated rings. The van der Waals surface area contributed by atoms with Crippen LogP contribution in [0.1, 0.15) is 27.7 Å². The fraction of sp³-hybridized carbons (Fsp3) is 0.600. The average molecular weight is 166 g/mol. The Hall–Kier alpha value is -0.600. The van der Waals surface area contributed by atoms with Gasteiger partial charge >= 0.3 is 0 Å². The van der Waals surface area contributed by atoms with Gasteiger partial charge in [-0.25, -0.2) is 0 Å². The molecule has 12 heavy (non-hydrogen) atoms. The summed E-state index contributed by atoms with van der Waals surface area (Å²) in [5.41, 5.74) is 13.7. The van der Waals surface area contributed by atoms with Crippen molar-refractivity contribution in [2.24, 2.45) is 11.5 Å². The summed E-state index contributed by atoms with van der Waals surface area (Å²) >= 11 is 0. The summed E-state index contributed by atoms with van der Waals surface area (Å²) in [5.74, 6) is 0. The largest absolute Gasteiger partial charge is 0.320 e. The van der Waals surface area contributed by atoms with Crippen LogP contribution in [0.25, 0.3) is 0 Å². The molecule has 0 aromatic heterocycles. The number of rotatable bonds is 0. The maximum atomic E-state index is 6.06. The Bertz CT molecular complexity index is 229. The van der Waals surface area contributed by atoms with Crippen molar-refractivity contribution < 1.29 is 0 Å². The topological polar surface area (TPSA) is 52.0 Å². The summed E-state index contributed by atoms with van der Waals surface area (Å²) in [7, 11) is 0. The van der Waals surface area contributed by atoms with Crippen molar-refractivity contribution in [3.8, 4) is 0 Å². The second-order valence-electron chi connectivity index (χ2n) is 4.22. The molecule has 4 N–H and O–H groups in total. The van der Waals surface area contributed by atoms with Crippen molar-refractivity contribution in [3.05, 3.63) is 23.3 Å². The third-order valence-corrected chi connectivity index (χ3v) is 2.82. The molecule has 1 aliphatic rings. The van der Waals surface area contributed by atoms with Crippen LogP contribution in [0.15, 0.2) is 23.3 Å². The van der Waals surface area contributed by atoms with E-state index in [2.05, 4.69) is 13.8 Å². The zero-order chi connectivity index (χ0) is 9.57. The fourth-order valence-electron chi connectivity index (χ4n) is 1.44. The summed E-state index contributed by atoms with van der Waals surface area (Å²) in [4.78, 5) is 0. The Kier molecular flexibility index (Phi) is 1.93. The molecule has 0 heterocycles. The van der Waals surface area contributed by atoms with Gasteiger partial charge in [0.05, 0.1) is 11.1 Å². The van der Waals surface area contributed by atoms with Gasteiger partial charge in [0.15, 0.2) is 0 Å². The first kappa shape index (κ1) is 9.49. The molecular weight excluding hydrogens is 148 g/mol. The van der Waals surface area contributed by atoms with Gasteiger partial charge in [-0.15, -0.1) is 0 Å². The number of nitrogens with two attached hydrogens (primary N) is 2. The van der Waals surface area contributed by atoms with Gasteiger partial charge < -0.3 is 11.5 Å². The molecule has 0 aliphatic heterocycles. The molecule has 0 radical (unpaired) electrons. The molecule has 0 aromatic carbocycles. The number of hydrogen-bond donors (Lipinski definition) is 2. The zero-order valence-electron chi connectivity index (χ0n) is 8.31. The Morgan fingerprint density at radius 3 is 1.42 bits per heavy atom. The molecule has 0 bridgehead atoms. The smallest absolute Gasteiger partial charge is 0.0532 e. The molecule has 0 aromatic rings. The maximum Gasteiger partial charge on any atom is 0.0532 e. The summed E-state index contributed by atoms with van der Waals surface area (Å²) < 4.78 is 0. The molecule has 2 unspecified atom stereocenters. The van der Waals surface area contributed by atoms with E-state index < -0.39 is 11.1 Å². The van der Waals surface area contributed by atoms with Gasteiger partial charge in [0.2, 0.25) is 0 Å². The van der Waals surface area contributed by atoms with E-state index in [0.717, 1.165) is 0 Å². The molecule has 1 rings (SSSR count). The van der Waals surface area contributed by atoms with Gasteiger partial charge in [-0.3, -0.25) is 0 Å². The zero-order valence-corrected chi connectivity index (χ0v) is 8.31. The minimum atomic E-state index is -0.434. The van der Waals surface area contributed by atoms with E-state index in [0.29, 0.717) is 0 Å². The summed E-state index contributed by atoms with van der Waals surface area (Å²) in [6.45, 7) is 8.04. The Labute approximate surface area is 74.3 Å². The first-order valence-electron chi connectivity index (χ1n) is 4.23. The maximum absolute atomic E-state index is 6.06. The third-order valence-electron chi connectivity index (χ3n) is 2.82. The molecule has 2 nitrogen and oxygen atoms in total. The second-order valence-corrected chi connectivity index (χ2v) is 4.22. The van der Waals surface area contributed by atoms with Crippen LogP contribution >= 0.6 is 0 Å². The normalized spacial score (nSPS) is 42.2. The van der Waals surface area contributed by atoms with Gasteiger partial charge in [-0.1, -0.05) is 23.3 Å². The van der Waals surface area contributed by atoms with E-state index in [1.165, 1.54) is 11.1 Å². The Morgan fingerprint density at radius 2 is 1.17 bits per heavy atom. The molecule has 1 aliphatic carbocycles. The highest BCUT2D eigenvalue weighted by atomic mass is 14.9. The molecule has 68 valence electrons. The number of hydrogen-bond acceptors (Lipinski definition) is 2. The van der Waals surface area contributed by atoms with Crippen LogP contribution in [-0.2, 0) is 0 Å². The minimum Gasteiger partial charge on any atom is -0.320 e. The lowest BCUT2D eigenvalue weighted by molar-refractivity contribution is 0.379. The van der Waals surface area contributed by atoms with Crippen LogP contribution < -0.4 is 11.5 Å². The van der Waals surface area contributed by atoms with Gasteiger partial charge in [-0.05, 0) is 27.7 Å². The highest BCUT2D eigenvalue weighted by Gasteiger charge is 2.37. The van der Waals surface area contributed by atoms with Gasteiger partial charge in [0.25, 0.3) is 0 Å². The van der Waals surface area contributed by atoms with Crippen molar-refractivity contribution in [3.63, 3.8) is 0 Å². The first-order valence-corrected chi connectivity index (χ1v) is 4.23. The predicted molar refractivity (Wildman–Crippen MR) is 52.7 cm³/mol. The van der Waals surface area contributed by atoms with Gasteiger partial charge in [0, 0.05) is 0 Å². The standard InChI is InChI=1S/C10H18N2/c1-7-5-9(3,11)10(4,12)6-8(7)2/h5-6H,11-12H2,1-4H3. The molecule has 2 heteroatoms. The second kappa shape index (κ2) is 2.44. The van der Waals surface area contributed by atoms with E-state index >= 15 is 0 Å².